The molecule has 0 radical (unpaired) electrons. The van der Waals surface area contributed by atoms with Gasteiger partial charge in [0.25, 0.3) is 0 Å². The molecule has 1 rings (SSSR count). The van der Waals surface area contributed by atoms with Gasteiger partial charge in [-0.25, -0.2) is 4.98 Å². The molecule has 1 N–H and O–H groups in total. The molecule has 0 saturated carbocycles. The third-order valence-corrected chi connectivity index (χ3v) is 2.58. The van der Waals surface area contributed by atoms with Crippen LogP contribution in [0.25, 0.3) is 0 Å². The molecule has 16 heavy (non-hydrogen) atoms. The third kappa shape index (κ3) is 3.71. The molecule has 0 unspecified atom stereocenters. The van der Waals surface area contributed by atoms with Crippen molar-refractivity contribution in [3.63, 3.8) is 0 Å². The Labute approximate surface area is 103 Å². The van der Waals surface area contributed by atoms with Crippen LogP contribution in [-0.2, 0) is 6.54 Å². The second kappa shape index (κ2) is 5.72. The molecular weight excluding hydrogens is 250 g/mol. The lowest BCUT2D eigenvalue weighted by Crippen LogP contribution is -2.14. The fourth-order valence-electron chi connectivity index (χ4n) is 0.962. The van der Waals surface area contributed by atoms with E-state index in [1.54, 1.807) is 25.3 Å². The summed E-state index contributed by atoms with van der Waals surface area (Å²) in [5.41, 5.74) is 1.29. The van der Waals surface area contributed by atoms with E-state index in [2.05, 4.69) is 22.9 Å². The van der Waals surface area contributed by atoms with Gasteiger partial charge in [0.1, 0.15) is 5.15 Å². The van der Waals surface area contributed by atoms with Crippen molar-refractivity contribution in [2.24, 2.45) is 0 Å². The Bertz CT molecular complexity index is 419. The molecule has 0 aliphatic rings. The first-order valence-electron chi connectivity index (χ1n) is 4.39. The molecule has 0 aliphatic carbocycles. The van der Waals surface area contributed by atoms with E-state index < -0.39 is 4.92 Å². The SMILES string of the molecule is CC(NCc1ccc(Cl)nc1)=C(S)[N+](=O)[O-]. The standard InChI is InChI=1S/C9H10ClN3O2S/c1-6(9(16)13(14)15)11-4-7-2-3-8(10)12-5-7/h2-3,5,11,16H,4H2,1H3. The molecule has 5 nitrogen and oxygen atoms in total. The smallest absolute Gasteiger partial charge is 0.318 e. The van der Waals surface area contributed by atoms with Crippen molar-refractivity contribution in [3.05, 3.63) is 49.9 Å². The fraction of sp³-hybridized carbons (Fsp3) is 0.222. The summed E-state index contributed by atoms with van der Waals surface area (Å²) in [6.45, 7) is 2.03. The maximum atomic E-state index is 10.4. The van der Waals surface area contributed by atoms with Crippen LogP contribution >= 0.6 is 24.2 Å². The third-order valence-electron chi connectivity index (χ3n) is 1.85. The first-order chi connectivity index (χ1) is 7.50. The summed E-state index contributed by atoms with van der Waals surface area (Å²) in [4.78, 5) is 13.7. The Hall–Kier alpha value is -1.27. The van der Waals surface area contributed by atoms with Crippen molar-refractivity contribution in [1.82, 2.24) is 10.3 Å². The number of nitrogens with zero attached hydrogens (tertiary/aromatic N) is 2. The summed E-state index contributed by atoms with van der Waals surface area (Å²) in [7, 11) is 0. The predicted octanol–water partition coefficient (Wildman–Crippen LogP) is 2.22. The lowest BCUT2D eigenvalue weighted by Gasteiger charge is -2.05. The second-order valence-corrected chi connectivity index (χ2v) is 3.86. The molecule has 0 fully saturated rings. The van der Waals surface area contributed by atoms with Crippen molar-refractivity contribution in [2.75, 3.05) is 0 Å². The Kier molecular flexibility index (Phi) is 4.57. The normalized spacial score (nSPS) is 11.9. The summed E-state index contributed by atoms with van der Waals surface area (Å²) in [6.07, 6.45) is 1.60. The van der Waals surface area contributed by atoms with Gasteiger partial charge in [-0.3, -0.25) is 10.1 Å². The molecule has 0 bridgehead atoms. The summed E-state index contributed by atoms with van der Waals surface area (Å²) in [6, 6.07) is 3.45. The van der Waals surface area contributed by atoms with Crippen LogP contribution in [0.1, 0.15) is 12.5 Å². The highest BCUT2D eigenvalue weighted by molar-refractivity contribution is 7.84. The Morgan fingerprint density at radius 2 is 2.38 bits per heavy atom. The topological polar surface area (TPSA) is 68.1 Å². The predicted molar refractivity (Wildman–Crippen MR) is 64.8 cm³/mol. The van der Waals surface area contributed by atoms with Gasteiger partial charge in [-0.1, -0.05) is 30.3 Å². The van der Waals surface area contributed by atoms with Crippen molar-refractivity contribution in [2.45, 2.75) is 13.5 Å². The maximum absolute atomic E-state index is 10.4. The van der Waals surface area contributed by atoms with E-state index in [1.165, 1.54) is 0 Å². The largest absolute Gasteiger partial charge is 0.378 e. The quantitative estimate of drug-likeness (QED) is 0.377. The number of aromatic nitrogens is 1. The summed E-state index contributed by atoms with van der Waals surface area (Å²) < 4.78 is 0. The van der Waals surface area contributed by atoms with Gasteiger partial charge in [-0.2, -0.15) is 0 Å². The molecule has 0 amide bonds. The van der Waals surface area contributed by atoms with Crippen molar-refractivity contribution in [3.8, 4) is 0 Å². The molecule has 1 aromatic heterocycles. The minimum Gasteiger partial charge on any atom is -0.378 e. The number of allylic oxidation sites excluding steroid dienone is 1. The number of hydrogen-bond donors (Lipinski definition) is 2. The van der Waals surface area contributed by atoms with Crippen molar-refractivity contribution in [1.29, 1.82) is 0 Å². The van der Waals surface area contributed by atoms with Crippen LogP contribution in [0.2, 0.25) is 5.15 Å². The van der Waals surface area contributed by atoms with E-state index in [0.29, 0.717) is 17.4 Å². The van der Waals surface area contributed by atoms with Gasteiger partial charge in [-0.15, -0.1) is 0 Å². The minimum absolute atomic E-state index is 0.193. The van der Waals surface area contributed by atoms with Crippen LogP contribution in [0.3, 0.4) is 0 Å². The van der Waals surface area contributed by atoms with Gasteiger partial charge in [-0.05, 0) is 18.6 Å². The van der Waals surface area contributed by atoms with Crippen LogP contribution in [0.15, 0.2) is 29.1 Å². The van der Waals surface area contributed by atoms with Gasteiger partial charge in [0.2, 0.25) is 0 Å². The number of rotatable bonds is 4. The van der Waals surface area contributed by atoms with Gasteiger partial charge in [0.15, 0.2) is 0 Å². The van der Waals surface area contributed by atoms with Crippen LogP contribution in [0, 0.1) is 10.1 Å². The van der Waals surface area contributed by atoms with E-state index >= 15 is 0 Å². The highest BCUT2D eigenvalue weighted by atomic mass is 35.5. The molecular formula is C9H10ClN3O2S. The van der Waals surface area contributed by atoms with Gasteiger partial charge in [0.05, 0.1) is 10.6 Å². The zero-order valence-corrected chi connectivity index (χ0v) is 10.1. The number of nitro groups is 1. The Balaban J connectivity index is 2.61. The monoisotopic (exact) mass is 259 g/mol. The average molecular weight is 260 g/mol. The number of halogens is 1. The van der Waals surface area contributed by atoms with Crippen LogP contribution in [0.5, 0.6) is 0 Å². The zero-order chi connectivity index (χ0) is 12.1. The second-order valence-electron chi connectivity index (χ2n) is 3.05. The van der Waals surface area contributed by atoms with E-state index in [-0.39, 0.29) is 5.03 Å². The molecule has 0 atom stereocenters. The molecule has 0 aliphatic heterocycles. The molecule has 0 saturated heterocycles. The molecule has 0 spiro atoms. The van der Waals surface area contributed by atoms with E-state index in [9.17, 15) is 10.1 Å². The zero-order valence-electron chi connectivity index (χ0n) is 8.48. The van der Waals surface area contributed by atoms with Gasteiger partial charge >= 0.3 is 5.03 Å². The minimum atomic E-state index is -0.550. The molecule has 86 valence electrons. The van der Waals surface area contributed by atoms with Crippen molar-refractivity contribution >= 4 is 24.2 Å². The maximum Gasteiger partial charge on any atom is 0.318 e. The first kappa shape index (κ1) is 12.8. The Morgan fingerprint density at radius 1 is 1.69 bits per heavy atom. The van der Waals surface area contributed by atoms with E-state index in [0.717, 1.165) is 5.56 Å². The summed E-state index contributed by atoms with van der Waals surface area (Å²) >= 11 is 9.39. The van der Waals surface area contributed by atoms with E-state index in [1.807, 2.05) is 0 Å². The Morgan fingerprint density at radius 3 is 2.88 bits per heavy atom. The highest BCUT2D eigenvalue weighted by Gasteiger charge is 2.08. The number of nitrogens with one attached hydrogen (secondary N) is 1. The molecule has 1 heterocycles. The first-order valence-corrected chi connectivity index (χ1v) is 5.21. The number of pyridine rings is 1. The van der Waals surface area contributed by atoms with Gasteiger partial charge < -0.3 is 5.32 Å². The summed E-state index contributed by atoms with van der Waals surface area (Å²) in [5.74, 6) is 0. The molecule has 1 aromatic rings. The van der Waals surface area contributed by atoms with Gasteiger partial charge in [0, 0.05) is 12.7 Å². The summed E-state index contributed by atoms with van der Waals surface area (Å²) in [5, 5.41) is 13.5. The fourth-order valence-corrected chi connectivity index (χ4v) is 1.15. The van der Waals surface area contributed by atoms with E-state index in [4.69, 9.17) is 11.6 Å². The molecule has 0 aromatic carbocycles. The average Bonchev–Trinajstić information content (AvgIpc) is 2.26. The lowest BCUT2D eigenvalue weighted by molar-refractivity contribution is -0.411. The van der Waals surface area contributed by atoms with Crippen molar-refractivity contribution < 1.29 is 4.92 Å². The highest BCUT2D eigenvalue weighted by Crippen LogP contribution is 2.09. The van der Waals surface area contributed by atoms with Crippen LogP contribution < -0.4 is 5.32 Å². The number of thiol groups is 1. The van der Waals surface area contributed by atoms with Crippen LogP contribution in [-0.4, -0.2) is 9.91 Å². The number of hydrogen-bond acceptors (Lipinski definition) is 5. The van der Waals surface area contributed by atoms with Crippen LogP contribution in [0.4, 0.5) is 0 Å². The lowest BCUT2D eigenvalue weighted by atomic mass is 10.3. The molecule has 7 heteroatoms.